The van der Waals surface area contributed by atoms with Crippen LogP contribution >= 0.6 is 0 Å². The molecular formula is C22H26N4O2. The lowest BCUT2D eigenvalue weighted by molar-refractivity contribution is 0.102. The van der Waals surface area contributed by atoms with Crippen molar-refractivity contribution in [3.8, 4) is 5.75 Å². The summed E-state index contributed by atoms with van der Waals surface area (Å²) < 4.78 is 5.95. The largest absolute Gasteiger partial charge is 0.493 e. The molecule has 2 N–H and O–H groups in total. The van der Waals surface area contributed by atoms with Gasteiger partial charge in [-0.2, -0.15) is 5.10 Å². The molecule has 3 aromatic rings. The number of aromatic nitrogens is 2. The van der Waals surface area contributed by atoms with E-state index in [4.69, 9.17) is 4.74 Å². The highest BCUT2D eigenvalue weighted by molar-refractivity contribution is 6.08. The van der Waals surface area contributed by atoms with Crippen molar-refractivity contribution in [3.63, 3.8) is 0 Å². The first-order chi connectivity index (χ1) is 13.6. The number of hydrogen-bond donors (Lipinski definition) is 2. The Balaban J connectivity index is 1.44. The number of nitrogens with zero attached hydrogens (tertiary/aromatic N) is 2. The Kier molecular flexibility index (Phi) is 5.19. The van der Waals surface area contributed by atoms with E-state index in [1.165, 1.54) is 25.7 Å². The van der Waals surface area contributed by atoms with E-state index in [1.807, 2.05) is 61.5 Å². The summed E-state index contributed by atoms with van der Waals surface area (Å²) >= 11 is 0. The third-order valence-electron chi connectivity index (χ3n) is 5.37. The van der Waals surface area contributed by atoms with Gasteiger partial charge in [-0.3, -0.25) is 9.89 Å². The summed E-state index contributed by atoms with van der Waals surface area (Å²) in [5, 5.41) is 11.0. The summed E-state index contributed by atoms with van der Waals surface area (Å²) in [5.74, 6) is 1.85. The maximum absolute atomic E-state index is 12.6. The van der Waals surface area contributed by atoms with Gasteiger partial charge in [0.15, 0.2) is 5.82 Å². The fourth-order valence-corrected chi connectivity index (χ4v) is 3.67. The fraction of sp³-hybridized carbons (Fsp3) is 0.364. The first-order valence-corrected chi connectivity index (χ1v) is 9.80. The van der Waals surface area contributed by atoms with E-state index in [1.54, 1.807) is 0 Å². The zero-order valence-corrected chi connectivity index (χ0v) is 16.4. The van der Waals surface area contributed by atoms with Crippen molar-refractivity contribution in [1.82, 2.24) is 10.2 Å². The summed E-state index contributed by atoms with van der Waals surface area (Å²) in [6.45, 7) is 0.770. The molecule has 146 valence electrons. The second kappa shape index (κ2) is 7.92. The standard InChI is InChI=1S/C22H26N4O2/c1-26(2)17-9-7-16(8-10-17)22(27)23-21-19-12-11-18(13-20(19)24-25-21)28-14-15-5-3-4-6-15/h7-13,15H,3-6,14H2,1-2H3,(H2,23,24,25,27). The number of carbonyl (C=O) groups is 1. The van der Waals surface area contributed by atoms with Crippen LogP contribution in [0.4, 0.5) is 11.5 Å². The molecular weight excluding hydrogens is 352 g/mol. The molecule has 0 unspecified atom stereocenters. The summed E-state index contributed by atoms with van der Waals surface area (Å²) in [7, 11) is 3.94. The number of rotatable bonds is 6. The molecule has 2 aromatic carbocycles. The minimum Gasteiger partial charge on any atom is -0.493 e. The van der Waals surface area contributed by atoms with Crippen LogP contribution in [0, 0.1) is 5.92 Å². The number of fused-ring (bicyclic) bond motifs is 1. The van der Waals surface area contributed by atoms with Crippen molar-refractivity contribution < 1.29 is 9.53 Å². The monoisotopic (exact) mass is 378 g/mol. The lowest BCUT2D eigenvalue weighted by Crippen LogP contribution is -2.13. The van der Waals surface area contributed by atoms with Crippen molar-refractivity contribution in [3.05, 3.63) is 48.0 Å². The molecule has 1 fully saturated rings. The quantitative estimate of drug-likeness (QED) is 0.665. The number of ether oxygens (including phenoxy) is 1. The number of H-pyrrole nitrogens is 1. The number of hydrogen-bond acceptors (Lipinski definition) is 4. The van der Waals surface area contributed by atoms with Gasteiger partial charge in [-0.05, 0) is 55.2 Å². The fourth-order valence-electron chi connectivity index (χ4n) is 3.67. The molecule has 1 aliphatic rings. The van der Waals surface area contributed by atoms with Crippen LogP contribution in [0.15, 0.2) is 42.5 Å². The first-order valence-electron chi connectivity index (χ1n) is 9.80. The van der Waals surface area contributed by atoms with E-state index in [9.17, 15) is 4.79 Å². The molecule has 4 rings (SSSR count). The minimum atomic E-state index is -0.180. The van der Waals surface area contributed by atoms with Gasteiger partial charge >= 0.3 is 0 Å². The Hall–Kier alpha value is -3.02. The van der Waals surface area contributed by atoms with Crippen molar-refractivity contribution in [2.24, 2.45) is 5.92 Å². The van der Waals surface area contributed by atoms with Crippen molar-refractivity contribution in [1.29, 1.82) is 0 Å². The molecule has 0 saturated heterocycles. The van der Waals surface area contributed by atoms with Gasteiger partial charge in [0.25, 0.3) is 5.91 Å². The zero-order chi connectivity index (χ0) is 19.5. The second-order valence-corrected chi connectivity index (χ2v) is 7.64. The first kappa shape index (κ1) is 18.3. The lowest BCUT2D eigenvalue weighted by atomic mass is 10.1. The Morgan fingerprint density at radius 1 is 1.18 bits per heavy atom. The summed E-state index contributed by atoms with van der Waals surface area (Å²) in [5.41, 5.74) is 2.49. The van der Waals surface area contributed by atoms with Crippen LogP contribution in [0.25, 0.3) is 10.9 Å². The van der Waals surface area contributed by atoms with Gasteiger partial charge in [0, 0.05) is 36.8 Å². The number of anilines is 2. The van der Waals surface area contributed by atoms with Gasteiger partial charge in [-0.1, -0.05) is 12.8 Å². The van der Waals surface area contributed by atoms with E-state index >= 15 is 0 Å². The molecule has 1 heterocycles. The molecule has 6 heteroatoms. The van der Waals surface area contributed by atoms with Crippen molar-refractivity contribution >= 4 is 28.3 Å². The third kappa shape index (κ3) is 3.96. The van der Waals surface area contributed by atoms with E-state index in [0.717, 1.165) is 28.9 Å². The van der Waals surface area contributed by atoms with E-state index in [0.29, 0.717) is 17.3 Å². The second-order valence-electron chi connectivity index (χ2n) is 7.64. The molecule has 0 atom stereocenters. The van der Waals surface area contributed by atoms with Crippen LogP contribution in [0.5, 0.6) is 5.75 Å². The molecule has 0 aliphatic heterocycles. The van der Waals surface area contributed by atoms with Crippen LogP contribution in [0.3, 0.4) is 0 Å². The van der Waals surface area contributed by atoms with E-state index in [2.05, 4.69) is 15.5 Å². The Bertz CT molecular complexity index is 956. The SMILES string of the molecule is CN(C)c1ccc(C(=O)Nc2n[nH]c3cc(OCC4CCCC4)ccc23)cc1. The van der Waals surface area contributed by atoms with Gasteiger partial charge in [0.1, 0.15) is 5.75 Å². The summed E-state index contributed by atoms with van der Waals surface area (Å²) in [6, 6.07) is 13.3. The smallest absolute Gasteiger partial charge is 0.256 e. The van der Waals surface area contributed by atoms with Crippen LogP contribution in [-0.4, -0.2) is 36.8 Å². The zero-order valence-electron chi connectivity index (χ0n) is 16.4. The molecule has 0 radical (unpaired) electrons. The van der Waals surface area contributed by atoms with Crippen LogP contribution in [-0.2, 0) is 0 Å². The predicted octanol–water partition coefficient (Wildman–Crippen LogP) is 4.45. The highest BCUT2D eigenvalue weighted by Crippen LogP contribution is 2.28. The van der Waals surface area contributed by atoms with Crippen molar-refractivity contribution in [2.75, 3.05) is 30.9 Å². The van der Waals surface area contributed by atoms with Crippen molar-refractivity contribution in [2.45, 2.75) is 25.7 Å². The molecule has 1 saturated carbocycles. The molecule has 1 aromatic heterocycles. The Morgan fingerprint density at radius 2 is 1.93 bits per heavy atom. The Morgan fingerprint density at radius 3 is 2.64 bits per heavy atom. The van der Waals surface area contributed by atoms with E-state index in [-0.39, 0.29) is 5.91 Å². The number of aromatic amines is 1. The highest BCUT2D eigenvalue weighted by atomic mass is 16.5. The molecule has 0 bridgehead atoms. The topological polar surface area (TPSA) is 70.2 Å². The molecule has 28 heavy (non-hydrogen) atoms. The van der Waals surface area contributed by atoms with Crippen LogP contribution in [0.1, 0.15) is 36.0 Å². The maximum Gasteiger partial charge on any atom is 0.256 e. The van der Waals surface area contributed by atoms with Crippen LogP contribution < -0.4 is 15.0 Å². The number of nitrogens with one attached hydrogen (secondary N) is 2. The summed E-state index contributed by atoms with van der Waals surface area (Å²) in [4.78, 5) is 14.5. The maximum atomic E-state index is 12.6. The average Bonchev–Trinajstić information content (AvgIpc) is 3.36. The molecule has 1 aliphatic carbocycles. The predicted molar refractivity (Wildman–Crippen MR) is 112 cm³/mol. The highest BCUT2D eigenvalue weighted by Gasteiger charge is 2.16. The average molecular weight is 378 g/mol. The summed E-state index contributed by atoms with van der Waals surface area (Å²) in [6.07, 6.45) is 5.15. The van der Waals surface area contributed by atoms with Crippen LogP contribution in [0.2, 0.25) is 0 Å². The van der Waals surface area contributed by atoms with Gasteiger partial charge in [-0.25, -0.2) is 0 Å². The van der Waals surface area contributed by atoms with Gasteiger partial charge in [0.2, 0.25) is 0 Å². The molecule has 1 amide bonds. The van der Waals surface area contributed by atoms with E-state index < -0.39 is 0 Å². The van der Waals surface area contributed by atoms with Gasteiger partial charge in [0.05, 0.1) is 12.1 Å². The lowest BCUT2D eigenvalue weighted by Gasteiger charge is -2.12. The number of amides is 1. The normalized spacial score (nSPS) is 14.4. The number of benzene rings is 2. The Labute approximate surface area is 164 Å². The molecule has 0 spiro atoms. The van der Waals surface area contributed by atoms with Gasteiger partial charge < -0.3 is 15.0 Å². The third-order valence-corrected chi connectivity index (χ3v) is 5.37. The van der Waals surface area contributed by atoms with Gasteiger partial charge in [-0.15, -0.1) is 0 Å². The molecule has 6 nitrogen and oxygen atoms in total. The minimum absolute atomic E-state index is 0.180. The number of carbonyl (C=O) groups excluding carboxylic acids is 1.